The van der Waals surface area contributed by atoms with Gasteiger partial charge in [0.25, 0.3) is 0 Å². The summed E-state index contributed by atoms with van der Waals surface area (Å²) in [7, 11) is 0. The van der Waals surface area contributed by atoms with E-state index in [9.17, 15) is 0 Å². The van der Waals surface area contributed by atoms with Crippen LogP contribution < -0.4 is 0 Å². The van der Waals surface area contributed by atoms with Crippen LogP contribution in [0.5, 0.6) is 0 Å². The fraction of sp³-hybridized carbons (Fsp3) is 0.625. The van der Waals surface area contributed by atoms with Gasteiger partial charge in [0.15, 0.2) is 0 Å². The first kappa shape index (κ1) is 14.7. The van der Waals surface area contributed by atoms with Gasteiger partial charge < -0.3 is 4.57 Å². The molecule has 2 aromatic rings. The van der Waals surface area contributed by atoms with E-state index in [1.165, 1.54) is 29.8 Å². The second-order valence-corrected chi connectivity index (χ2v) is 7.29. The van der Waals surface area contributed by atoms with Gasteiger partial charge in [-0.1, -0.05) is 0 Å². The average Bonchev–Trinajstić information content (AvgIpc) is 3.09. The summed E-state index contributed by atoms with van der Waals surface area (Å²) in [6, 6.07) is 2.65. The van der Waals surface area contributed by atoms with Crippen LogP contribution in [0.4, 0.5) is 0 Å². The lowest BCUT2D eigenvalue weighted by Gasteiger charge is -2.32. The Labute approximate surface area is 130 Å². The van der Waals surface area contributed by atoms with Crippen molar-refractivity contribution >= 4 is 11.3 Å². The van der Waals surface area contributed by atoms with E-state index < -0.39 is 0 Å². The minimum absolute atomic E-state index is 0.435. The molecule has 0 bridgehead atoms. The minimum Gasteiger partial charge on any atom is -0.315 e. The smallest absolute Gasteiger partial charge is 0.137 e. The van der Waals surface area contributed by atoms with Crippen molar-refractivity contribution in [3.05, 3.63) is 34.0 Å². The third-order valence-electron chi connectivity index (χ3n) is 4.36. The largest absolute Gasteiger partial charge is 0.315 e. The number of likely N-dealkylation sites (tertiary alicyclic amines) is 1. The normalized spacial score (nSPS) is 20.3. The summed E-state index contributed by atoms with van der Waals surface area (Å²) in [5.74, 6) is 1.68. The second kappa shape index (κ2) is 6.28. The number of aromatic nitrogens is 3. The Morgan fingerprint density at radius 2 is 2.29 bits per heavy atom. The molecule has 1 fully saturated rings. The van der Waals surface area contributed by atoms with Crippen LogP contribution in [-0.4, -0.2) is 32.8 Å². The predicted molar refractivity (Wildman–Crippen MR) is 86.7 cm³/mol. The highest BCUT2D eigenvalue weighted by Gasteiger charge is 2.26. The summed E-state index contributed by atoms with van der Waals surface area (Å²) in [6.45, 7) is 9.98. The molecule has 0 unspecified atom stereocenters. The number of piperidine rings is 1. The molecule has 2 aromatic heterocycles. The minimum atomic E-state index is 0.435. The third kappa shape index (κ3) is 3.19. The lowest BCUT2D eigenvalue weighted by atomic mass is 9.96. The van der Waals surface area contributed by atoms with Crippen LogP contribution in [0.25, 0.3) is 0 Å². The summed E-state index contributed by atoms with van der Waals surface area (Å²) < 4.78 is 2.23. The molecule has 0 aromatic carbocycles. The summed E-state index contributed by atoms with van der Waals surface area (Å²) in [4.78, 5) is 4.08. The van der Waals surface area contributed by atoms with Crippen molar-refractivity contribution in [3.63, 3.8) is 0 Å². The number of hydrogen-bond acceptors (Lipinski definition) is 4. The molecule has 0 radical (unpaired) electrons. The van der Waals surface area contributed by atoms with Crippen LogP contribution in [0.2, 0.25) is 0 Å². The standard InChI is InChI=1S/C16H24N4S/c1-12(2)20-11-17-18-16(20)14-5-4-7-19(9-14)10-15-13(3)6-8-21-15/h6,8,11-12,14H,4-5,7,9-10H2,1-3H3/t14-/m0/s1. The van der Waals surface area contributed by atoms with E-state index in [0.717, 1.165) is 18.9 Å². The van der Waals surface area contributed by atoms with E-state index in [2.05, 4.69) is 51.9 Å². The molecule has 0 N–H and O–H groups in total. The van der Waals surface area contributed by atoms with Crippen LogP contribution in [0.1, 0.15) is 54.9 Å². The first-order valence-corrected chi connectivity index (χ1v) is 8.68. The molecular weight excluding hydrogens is 280 g/mol. The molecule has 5 heteroatoms. The average molecular weight is 304 g/mol. The van der Waals surface area contributed by atoms with Gasteiger partial charge in [-0.3, -0.25) is 4.90 Å². The summed E-state index contributed by atoms with van der Waals surface area (Å²) in [5.41, 5.74) is 1.42. The van der Waals surface area contributed by atoms with Crippen LogP contribution in [0.3, 0.4) is 0 Å². The lowest BCUT2D eigenvalue weighted by molar-refractivity contribution is 0.195. The molecule has 1 aliphatic heterocycles. The molecular formula is C16H24N4S. The van der Waals surface area contributed by atoms with Crippen molar-refractivity contribution < 1.29 is 0 Å². The zero-order valence-corrected chi connectivity index (χ0v) is 13.9. The molecule has 1 atom stereocenters. The van der Waals surface area contributed by atoms with Crippen molar-refractivity contribution in [3.8, 4) is 0 Å². The van der Waals surface area contributed by atoms with Gasteiger partial charge in [0.05, 0.1) is 0 Å². The third-order valence-corrected chi connectivity index (χ3v) is 5.37. The number of aryl methyl sites for hydroxylation is 1. The van der Waals surface area contributed by atoms with Gasteiger partial charge in [0.1, 0.15) is 12.2 Å². The van der Waals surface area contributed by atoms with Gasteiger partial charge in [-0.2, -0.15) is 0 Å². The van der Waals surface area contributed by atoms with Crippen LogP contribution in [0.15, 0.2) is 17.8 Å². The number of rotatable bonds is 4. The first-order chi connectivity index (χ1) is 10.1. The summed E-state index contributed by atoms with van der Waals surface area (Å²) >= 11 is 1.88. The molecule has 114 valence electrons. The zero-order valence-electron chi connectivity index (χ0n) is 13.1. The molecule has 0 amide bonds. The molecule has 0 spiro atoms. The molecule has 3 heterocycles. The molecule has 0 aliphatic carbocycles. The Morgan fingerprint density at radius 1 is 1.43 bits per heavy atom. The molecule has 3 rings (SSSR count). The van der Waals surface area contributed by atoms with Crippen molar-refractivity contribution in [2.75, 3.05) is 13.1 Å². The lowest BCUT2D eigenvalue weighted by Crippen LogP contribution is -2.35. The zero-order chi connectivity index (χ0) is 14.8. The number of hydrogen-bond donors (Lipinski definition) is 0. The van der Waals surface area contributed by atoms with Gasteiger partial charge in [0, 0.05) is 29.9 Å². The Bertz CT molecular complexity index is 587. The fourth-order valence-corrected chi connectivity index (χ4v) is 4.07. The predicted octanol–water partition coefficient (Wildman–Crippen LogP) is 3.61. The maximum Gasteiger partial charge on any atom is 0.137 e. The van der Waals surface area contributed by atoms with Crippen LogP contribution in [0, 0.1) is 6.92 Å². The molecule has 1 saturated heterocycles. The van der Waals surface area contributed by atoms with E-state index in [1.807, 2.05) is 17.7 Å². The quantitative estimate of drug-likeness (QED) is 0.865. The van der Waals surface area contributed by atoms with E-state index in [1.54, 1.807) is 0 Å². The SMILES string of the molecule is Cc1ccsc1CN1CCC[C@H](c2nncn2C(C)C)C1. The van der Waals surface area contributed by atoms with Gasteiger partial charge in [0.2, 0.25) is 0 Å². The van der Waals surface area contributed by atoms with Gasteiger partial charge in [-0.25, -0.2) is 0 Å². The topological polar surface area (TPSA) is 34.0 Å². The monoisotopic (exact) mass is 304 g/mol. The van der Waals surface area contributed by atoms with Crippen LogP contribution in [-0.2, 0) is 6.54 Å². The first-order valence-electron chi connectivity index (χ1n) is 7.80. The molecule has 1 aliphatic rings. The van der Waals surface area contributed by atoms with Gasteiger partial charge >= 0.3 is 0 Å². The number of thiophene rings is 1. The highest BCUT2D eigenvalue weighted by Crippen LogP contribution is 2.29. The number of nitrogens with zero attached hydrogens (tertiary/aromatic N) is 4. The molecule has 0 saturated carbocycles. The van der Waals surface area contributed by atoms with Crippen molar-refractivity contribution in [2.45, 2.75) is 52.1 Å². The van der Waals surface area contributed by atoms with Crippen molar-refractivity contribution in [1.29, 1.82) is 0 Å². The molecule has 4 nitrogen and oxygen atoms in total. The maximum absolute atomic E-state index is 4.40. The Balaban J connectivity index is 1.71. The van der Waals surface area contributed by atoms with E-state index in [-0.39, 0.29) is 0 Å². The van der Waals surface area contributed by atoms with Crippen molar-refractivity contribution in [1.82, 2.24) is 19.7 Å². The van der Waals surface area contributed by atoms with E-state index >= 15 is 0 Å². The Morgan fingerprint density at radius 3 is 3.00 bits per heavy atom. The molecule has 21 heavy (non-hydrogen) atoms. The highest BCUT2D eigenvalue weighted by atomic mass is 32.1. The van der Waals surface area contributed by atoms with E-state index in [4.69, 9.17) is 0 Å². The Hall–Kier alpha value is -1.20. The highest BCUT2D eigenvalue weighted by molar-refractivity contribution is 7.10. The summed E-state index contributed by atoms with van der Waals surface area (Å²) in [5, 5.41) is 10.7. The summed E-state index contributed by atoms with van der Waals surface area (Å²) in [6.07, 6.45) is 4.35. The van der Waals surface area contributed by atoms with Crippen LogP contribution >= 0.6 is 11.3 Å². The maximum atomic E-state index is 4.40. The fourth-order valence-electron chi connectivity index (χ4n) is 3.12. The van der Waals surface area contributed by atoms with Crippen molar-refractivity contribution in [2.24, 2.45) is 0 Å². The van der Waals surface area contributed by atoms with Gasteiger partial charge in [-0.15, -0.1) is 21.5 Å². The van der Waals surface area contributed by atoms with E-state index in [0.29, 0.717) is 12.0 Å². The Kier molecular flexibility index (Phi) is 4.40. The van der Waals surface area contributed by atoms with Gasteiger partial charge in [-0.05, 0) is 57.2 Å². The second-order valence-electron chi connectivity index (χ2n) is 6.29.